The zero-order valence-electron chi connectivity index (χ0n) is 15.9. The molecule has 0 saturated heterocycles. The normalized spacial score (nSPS) is 11.0. The molecule has 3 aromatic carbocycles. The van der Waals surface area contributed by atoms with Gasteiger partial charge in [0.2, 0.25) is 0 Å². The van der Waals surface area contributed by atoms with Gasteiger partial charge in [0.1, 0.15) is 5.75 Å². The van der Waals surface area contributed by atoms with Crippen LogP contribution in [0.4, 0.5) is 0 Å². The summed E-state index contributed by atoms with van der Waals surface area (Å²) in [5.74, 6) is 0.0340. The van der Waals surface area contributed by atoms with Gasteiger partial charge in [-0.15, -0.1) is 0 Å². The highest BCUT2D eigenvalue weighted by Gasteiger charge is 2.20. The number of fused-ring (bicyclic) bond motifs is 2. The SMILES string of the molecule is CC(=O)c1cc(C)c(OC(=O)c2c3ccccc3nc3ccccc23)c(C)c1. The maximum atomic E-state index is 13.2. The topological polar surface area (TPSA) is 56.3 Å². The number of rotatable bonds is 3. The first-order chi connectivity index (χ1) is 13.5. The number of esters is 1. The van der Waals surface area contributed by atoms with Crippen LogP contribution < -0.4 is 4.74 Å². The Balaban J connectivity index is 1.87. The number of carbonyl (C=O) groups excluding carboxylic acids is 2. The molecule has 138 valence electrons. The number of hydrogen-bond donors (Lipinski definition) is 0. The lowest BCUT2D eigenvalue weighted by atomic mass is 10.0. The van der Waals surface area contributed by atoms with Crippen molar-refractivity contribution in [3.8, 4) is 5.75 Å². The molecule has 0 aliphatic carbocycles. The van der Waals surface area contributed by atoms with Crippen LogP contribution in [0, 0.1) is 13.8 Å². The van der Waals surface area contributed by atoms with Crippen LogP contribution in [0.2, 0.25) is 0 Å². The molecule has 0 N–H and O–H groups in total. The lowest BCUT2D eigenvalue weighted by Crippen LogP contribution is -2.12. The Hall–Kier alpha value is -3.53. The van der Waals surface area contributed by atoms with Crippen LogP contribution >= 0.6 is 0 Å². The van der Waals surface area contributed by atoms with Crippen molar-refractivity contribution in [2.75, 3.05) is 0 Å². The minimum atomic E-state index is -0.434. The number of Topliss-reactive ketones (excluding diaryl/α,β-unsaturated/α-hetero) is 1. The van der Waals surface area contributed by atoms with Gasteiger partial charge in [-0.2, -0.15) is 0 Å². The second-order valence-corrected chi connectivity index (χ2v) is 6.91. The van der Waals surface area contributed by atoms with Gasteiger partial charge < -0.3 is 4.74 Å². The largest absolute Gasteiger partial charge is 0.422 e. The van der Waals surface area contributed by atoms with Gasteiger partial charge in [-0.05, 0) is 56.2 Å². The first kappa shape index (κ1) is 17.9. The first-order valence-corrected chi connectivity index (χ1v) is 9.07. The van der Waals surface area contributed by atoms with E-state index in [1.54, 1.807) is 12.1 Å². The van der Waals surface area contributed by atoms with Crippen molar-refractivity contribution in [1.29, 1.82) is 0 Å². The highest BCUT2D eigenvalue weighted by atomic mass is 16.5. The van der Waals surface area contributed by atoms with Gasteiger partial charge in [-0.3, -0.25) is 4.79 Å². The van der Waals surface area contributed by atoms with Gasteiger partial charge in [0.15, 0.2) is 5.78 Å². The van der Waals surface area contributed by atoms with Gasteiger partial charge in [0.05, 0.1) is 16.6 Å². The Morgan fingerprint density at radius 2 is 1.32 bits per heavy atom. The summed E-state index contributed by atoms with van der Waals surface area (Å²) in [6, 6.07) is 18.6. The number of aryl methyl sites for hydroxylation is 2. The Bertz CT molecular complexity index is 1180. The Morgan fingerprint density at radius 3 is 1.82 bits per heavy atom. The third kappa shape index (κ3) is 3.03. The van der Waals surface area contributed by atoms with Gasteiger partial charge >= 0.3 is 5.97 Å². The van der Waals surface area contributed by atoms with Crippen molar-refractivity contribution >= 4 is 33.6 Å². The molecule has 0 atom stereocenters. The number of nitrogens with zero attached hydrogens (tertiary/aromatic N) is 1. The van der Waals surface area contributed by atoms with Crippen LogP contribution in [-0.2, 0) is 0 Å². The summed E-state index contributed by atoms with van der Waals surface area (Å²) in [5.41, 5.74) is 4.09. The maximum Gasteiger partial charge on any atom is 0.344 e. The average molecular weight is 369 g/mol. The van der Waals surface area contributed by atoms with E-state index in [2.05, 4.69) is 4.98 Å². The Kier molecular flexibility index (Phi) is 4.40. The number of aromatic nitrogens is 1. The zero-order chi connectivity index (χ0) is 19.8. The molecule has 0 saturated carbocycles. The van der Waals surface area contributed by atoms with Crippen LogP contribution in [0.15, 0.2) is 60.7 Å². The maximum absolute atomic E-state index is 13.2. The number of para-hydroxylation sites is 2. The van der Waals surface area contributed by atoms with E-state index in [4.69, 9.17) is 4.74 Å². The summed E-state index contributed by atoms with van der Waals surface area (Å²) in [7, 11) is 0. The van der Waals surface area contributed by atoms with Crippen LogP contribution in [0.25, 0.3) is 21.8 Å². The van der Waals surface area contributed by atoms with E-state index >= 15 is 0 Å². The summed E-state index contributed by atoms with van der Waals surface area (Å²) in [5, 5.41) is 1.50. The molecule has 1 heterocycles. The number of benzene rings is 3. The van der Waals surface area contributed by atoms with Crippen molar-refractivity contribution in [3.63, 3.8) is 0 Å². The fourth-order valence-electron chi connectivity index (χ4n) is 3.52. The monoisotopic (exact) mass is 369 g/mol. The molecule has 0 radical (unpaired) electrons. The number of pyridine rings is 1. The molecule has 0 aliphatic heterocycles. The first-order valence-electron chi connectivity index (χ1n) is 9.07. The summed E-state index contributed by atoms with van der Waals surface area (Å²) < 4.78 is 5.83. The molecule has 4 rings (SSSR count). The van der Waals surface area contributed by atoms with Gasteiger partial charge in [0, 0.05) is 16.3 Å². The summed E-state index contributed by atoms with van der Waals surface area (Å²) in [6.07, 6.45) is 0. The standard InChI is InChI=1S/C24H19NO3/c1-14-12-17(16(3)26)13-15(2)23(14)28-24(27)22-18-8-4-6-10-20(18)25-21-11-7-5-9-19(21)22/h4-13H,1-3H3. The van der Waals surface area contributed by atoms with E-state index in [1.165, 1.54) is 6.92 Å². The second kappa shape index (κ2) is 6.89. The lowest BCUT2D eigenvalue weighted by Gasteiger charge is -2.14. The zero-order valence-corrected chi connectivity index (χ0v) is 15.9. The molecule has 4 heteroatoms. The fourth-order valence-corrected chi connectivity index (χ4v) is 3.52. The van der Waals surface area contributed by atoms with Crippen molar-refractivity contribution in [3.05, 3.63) is 82.9 Å². The number of carbonyl (C=O) groups is 2. The average Bonchev–Trinajstić information content (AvgIpc) is 2.68. The molecular weight excluding hydrogens is 350 g/mol. The van der Waals surface area contributed by atoms with Crippen molar-refractivity contribution in [2.24, 2.45) is 0 Å². The predicted molar refractivity (Wildman–Crippen MR) is 110 cm³/mol. The highest BCUT2D eigenvalue weighted by Crippen LogP contribution is 2.30. The molecule has 0 fully saturated rings. The van der Waals surface area contributed by atoms with Crippen molar-refractivity contribution in [1.82, 2.24) is 4.98 Å². The summed E-state index contributed by atoms with van der Waals surface area (Å²) in [4.78, 5) is 29.6. The minimum absolute atomic E-state index is 0.0183. The number of hydrogen-bond acceptors (Lipinski definition) is 4. The molecule has 0 unspecified atom stereocenters. The van der Waals surface area contributed by atoms with E-state index in [1.807, 2.05) is 62.4 Å². The highest BCUT2D eigenvalue weighted by molar-refractivity contribution is 6.14. The molecule has 0 spiro atoms. The molecule has 0 aliphatic rings. The third-order valence-corrected chi connectivity index (χ3v) is 4.85. The van der Waals surface area contributed by atoms with Gasteiger partial charge in [-0.1, -0.05) is 36.4 Å². The van der Waals surface area contributed by atoms with E-state index in [-0.39, 0.29) is 5.78 Å². The molecular formula is C24H19NO3. The Labute approximate surface area is 162 Å². The summed E-state index contributed by atoms with van der Waals surface area (Å²) in [6.45, 7) is 5.20. The Morgan fingerprint density at radius 1 is 0.821 bits per heavy atom. The van der Waals surface area contributed by atoms with Crippen LogP contribution in [0.3, 0.4) is 0 Å². The molecule has 0 bridgehead atoms. The molecule has 4 aromatic rings. The molecule has 28 heavy (non-hydrogen) atoms. The quantitative estimate of drug-likeness (QED) is 0.209. The molecule has 0 amide bonds. The van der Waals surface area contributed by atoms with E-state index in [0.29, 0.717) is 16.9 Å². The summed E-state index contributed by atoms with van der Waals surface area (Å²) >= 11 is 0. The van der Waals surface area contributed by atoms with Crippen molar-refractivity contribution < 1.29 is 14.3 Å². The second-order valence-electron chi connectivity index (χ2n) is 6.91. The van der Waals surface area contributed by atoms with E-state index in [0.717, 1.165) is 32.9 Å². The van der Waals surface area contributed by atoms with Crippen molar-refractivity contribution in [2.45, 2.75) is 20.8 Å². The van der Waals surface area contributed by atoms with Gasteiger partial charge in [-0.25, -0.2) is 9.78 Å². The van der Waals surface area contributed by atoms with Crippen LogP contribution in [-0.4, -0.2) is 16.7 Å². The number of ether oxygens (including phenoxy) is 1. The predicted octanol–water partition coefficient (Wildman–Crippen LogP) is 5.43. The lowest BCUT2D eigenvalue weighted by molar-refractivity contribution is 0.0736. The number of ketones is 1. The van der Waals surface area contributed by atoms with Gasteiger partial charge in [0.25, 0.3) is 0 Å². The smallest absolute Gasteiger partial charge is 0.344 e. The van der Waals surface area contributed by atoms with Crippen LogP contribution in [0.5, 0.6) is 5.75 Å². The molecule has 4 nitrogen and oxygen atoms in total. The van der Waals surface area contributed by atoms with E-state index < -0.39 is 5.97 Å². The molecule has 1 aromatic heterocycles. The van der Waals surface area contributed by atoms with E-state index in [9.17, 15) is 9.59 Å². The third-order valence-electron chi connectivity index (χ3n) is 4.85. The van der Waals surface area contributed by atoms with Crippen LogP contribution in [0.1, 0.15) is 38.8 Å². The fraction of sp³-hybridized carbons (Fsp3) is 0.125. The minimum Gasteiger partial charge on any atom is -0.422 e.